The number of nitrogens with zero attached hydrogens (tertiary/aromatic N) is 2. The first-order valence-electron chi connectivity index (χ1n) is 7.37. The van der Waals surface area contributed by atoms with Crippen molar-refractivity contribution in [3.8, 4) is 11.5 Å². The van der Waals surface area contributed by atoms with Crippen molar-refractivity contribution in [3.63, 3.8) is 0 Å². The molecule has 1 heterocycles. The monoisotopic (exact) mass is 375 g/mol. The molecule has 1 N–H and O–H groups in total. The Bertz CT molecular complexity index is 732. The summed E-state index contributed by atoms with van der Waals surface area (Å²) in [6.45, 7) is 0.184. The van der Waals surface area contributed by atoms with E-state index in [2.05, 4.69) is 20.0 Å². The molecule has 0 bridgehead atoms. The first kappa shape index (κ1) is 19.1. The Morgan fingerprint density at radius 2 is 1.84 bits per heavy atom. The molecule has 0 fully saturated rings. The van der Waals surface area contributed by atoms with Crippen molar-refractivity contribution in [3.05, 3.63) is 40.8 Å². The van der Waals surface area contributed by atoms with Gasteiger partial charge >= 0.3 is 6.61 Å². The molecule has 0 saturated heterocycles. The van der Waals surface area contributed by atoms with Gasteiger partial charge in [0.2, 0.25) is 0 Å². The summed E-state index contributed by atoms with van der Waals surface area (Å²) in [6, 6.07) is 4.23. The summed E-state index contributed by atoms with van der Waals surface area (Å²) < 4.78 is 47.7. The number of methoxy groups -OCH3 is 1. The Kier molecular flexibility index (Phi) is 6.30. The first-order chi connectivity index (χ1) is 11.8. The van der Waals surface area contributed by atoms with Crippen molar-refractivity contribution in [1.82, 2.24) is 9.97 Å². The van der Waals surface area contributed by atoms with E-state index in [0.29, 0.717) is 5.56 Å². The molecule has 1 aromatic carbocycles. The van der Waals surface area contributed by atoms with Gasteiger partial charge in [0.25, 0.3) is 0 Å². The number of hydrogen-bond donors (Lipinski definition) is 1. The van der Waals surface area contributed by atoms with Crippen LogP contribution < -0.4 is 14.8 Å². The summed E-state index contributed by atoms with van der Waals surface area (Å²) in [4.78, 5) is 7.83. The molecule has 1 aromatic heterocycles. The maximum absolute atomic E-state index is 13.5. The molecule has 2 atom stereocenters. The van der Waals surface area contributed by atoms with E-state index in [9.17, 15) is 13.2 Å². The maximum Gasteiger partial charge on any atom is 0.387 e. The van der Waals surface area contributed by atoms with Crippen LogP contribution in [0.25, 0.3) is 0 Å². The molecule has 0 aliphatic rings. The highest BCUT2D eigenvalue weighted by molar-refractivity contribution is 6.33. The van der Waals surface area contributed by atoms with Crippen LogP contribution in [0.15, 0.2) is 24.5 Å². The van der Waals surface area contributed by atoms with Gasteiger partial charge in [-0.15, -0.1) is 0 Å². The molecular weight excluding hydrogens is 359 g/mol. The van der Waals surface area contributed by atoms with Gasteiger partial charge in [-0.2, -0.15) is 8.78 Å². The maximum atomic E-state index is 13.5. The van der Waals surface area contributed by atoms with Crippen LogP contribution in [-0.4, -0.2) is 23.7 Å². The third kappa shape index (κ3) is 4.66. The Labute approximate surface area is 148 Å². The van der Waals surface area contributed by atoms with Crippen LogP contribution in [0.4, 0.5) is 19.0 Å². The molecule has 0 amide bonds. The van der Waals surface area contributed by atoms with Crippen LogP contribution in [0.2, 0.25) is 5.02 Å². The van der Waals surface area contributed by atoms with Gasteiger partial charge in [0.1, 0.15) is 23.3 Å². The second kappa shape index (κ2) is 8.24. The summed E-state index contributed by atoms with van der Waals surface area (Å²) in [7, 11) is 1.35. The zero-order valence-electron chi connectivity index (χ0n) is 13.8. The second-order valence-electron chi connectivity index (χ2n) is 5.19. The molecule has 0 radical (unpaired) electrons. The smallest absolute Gasteiger partial charge is 0.387 e. The molecule has 0 aliphatic heterocycles. The lowest BCUT2D eigenvalue weighted by Crippen LogP contribution is -2.11. The lowest BCUT2D eigenvalue weighted by molar-refractivity contribution is -0.0512. The van der Waals surface area contributed by atoms with E-state index in [-0.39, 0.29) is 34.1 Å². The summed E-state index contributed by atoms with van der Waals surface area (Å²) in [6.07, 6.45) is -0.121. The number of hydrogen-bond acceptors (Lipinski definition) is 5. The highest BCUT2D eigenvalue weighted by atomic mass is 35.5. The Morgan fingerprint density at radius 1 is 1.12 bits per heavy atom. The van der Waals surface area contributed by atoms with E-state index < -0.39 is 12.8 Å². The average Bonchev–Trinajstić information content (AvgIpc) is 2.56. The summed E-state index contributed by atoms with van der Waals surface area (Å²) in [5, 5.41) is 3.13. The number of rotatable bonds is 7. The molecule has 9 heteroatoms. The third-order valence-corrected chi connectivity index (χ3v) is 3.82. The van der Waals surface area contributed by atoms with E-state index in [4.69, 9.17) is 16.3 Å². The highest BCUT2D eigenvalue weighted by Gasteiger charge is 2.18. The van der Waals surface area contributed by atoms with Crippen molar-refractivity contribution >= 4 is 17.4 Å². The molecule has 136 valence electrons. The van der Waals surface area contributed by atoms with Gasteiger partial charge in [0, 0.05) is 0 Å². The fraction of sp³-hybridized carbons (Fsp3) is 0.375. The van der Waals surface area contributed by atoms with E-state index in [1.54, 1.807) is 19.1 Å². The van der Waals surface area contributed by atoms with Crippen LogP contribution in [0.3, 0.4) is 0 Å². The molecule has 2 rings (SSSR count). The van der Waals surface area contributed by atoms with Crippen LogP contribution in [0.5, 0.6) is 11.5 Å². The van der Waals surface area contributed by atoms with Crippen molar-refractivity contribution in [2.75, 3.05) is 12.4 Å². The molecule has 2 aromatic rings. The summed E-state index contributed by atoms with van der Waals surface area (Å²) in [5.74, 6) is 0.371. The predicted octanol–water partition coefficient (Wildman–Crippen LogP) is 4.94. The second-order valence-corrected chi connectivity index (χ2v) is 5.57. The van der Waals surface area contributed by atoms with Crippen LogP contribution in [0.1, 0.15) is 37.3 Å². The summed E-state index contributed by atoms with van der Waals surface area (Å²) >= 11 is 6.12. The number of alkyl halides is 3. The minimum absolute atomic E-state index is 0.0675. The SMILES string of the molecule is COc1cc(C(C)Nc2ncnc(C(C)F)c2Cl)ccc1OC(F)F. The van der Waals surface area contributed by atoms with Crippen molar-refractivity contribution in [2.45, 2.75) is 32.7 Å². The fourth-order valence-electron chi connectivity index (χ4n) is 2.20. The largest absolute Gasteiger partial charge is 0.493 e. The van der Waals surface area contributed by atoms with Crippen molar-refractivity contribution < 1.29 is 22.6 Å². The molecule has 0 aliphatic carbocycles. The normalized spacial score (nSPS) is 13.4. The minimum Gasteiger partial charge on any atom is -0.493 e. The van der Waals surface area contributed by atoms with Gasteiger partial charge in [-0.05, 0) is 31.5 Å². The third-order valence-electron chi connectivity index (χ3n) is 3.45. The zero-order valence-corrected chi connectivity index (χ0v) is 14.5. The summed E-state index contributed by atoms with van der Waals surface area (Å²) in [5.41, 5.74) is 0.799. The van der Waals surface area contributed by atoms with Gasteiger partial charge in [-0.1, -0.05) is 17.7 Å². The number of nitrogens with one attached hydrogen (secondary N) is 1. The molecule has 5 nitrogen and oxygen atoms in total. The topological polar surface area (TPSA) is 56.3 Å². The lowest BCUT2D eigenvalue weighted by Gasteiger charge is -2.18. The van der Waals surface area contributed by atoms with E-state index in [1.165, 1.54) is 26.4 Å². The van der Waals surface area contributed by atoms with Crippen molar-refractivity contribution in [2.24, 2.45) is 0 Å². The van der Waals surface area contributed by atoms with E-state index >= 15 is 0 Å². The molecule has 2 unspecified atom stereocenters. The quantitative estimate of drug-likeness (QED) is 0.742. The molecular formula is C16H17ClF3N3O2. The Morgan fingerprint density at radius 3 is 2.44 bits per heavy atom. The van der Waals surface area contributed by atoms with Gasteiger partial charge < -0.3 is 14.8 Å². The van der Waals surface area contributed by atoms with Crippen LogP contribution in [0, 0.1) is 0 Å². The van der Waals surface area contributed by atoms with Gasteiger partial charge in [-0.3, -0.25) is 0 Å². The van der Waals surface area contributed by atoms with Gasteiger partial charge in [0.15, 0.2) is 11.5 Å². The molecule has 0 saturated carbocycles. The fourth-order valence-corrected chi connectivity index (χ4v) is 2.50. The Hall–Kier alpha value is -2.22. The number of anilines is 1. The highest BCUT2D eigenvalue weighted by Crippen LogP contribution is 2.34. The van der Waals surface area contributed by atoms with Gasteiger partial charge in [-0.25, -0.2) is 14.4 Å². The van der Waals surface area contributed by atoms with E-state index in [1.807, 2.05) is 0 Å². The Balaban J connectivity index is 2.24. The molecule has 25 heavy (non-hydrogen) atoms. The first-order valence-corrected chi connectivity index (χ1v) is 7.75. The standard InChI is InChI=1S/C16H17ClF3N3O2/c1-8(18)14-13(17)15(22-7-21-14)23-9(2)10-4-5-11(25-16(19)20)12(6-10)24-3/h4-9,16H,1-3H3,(H,21,22,23). The number of benzene rings is 1. The zero-order chi connectivity index (χ0) is 18.6. The van der Waals surface area contributed by atoms with Crippen LogP contribution >= 0.6 is 11.6 Å². The number of aromatic nitrogens is 2. The van der Waals surface area contributed by atoms with E-state index in [0.717, 1.165) is 0 Å². The van der Waals surface area contributed by atoms with Gasteiger partial charge in [0.05, 0.1) is 18.8 Å². The minimum atomic E-state index is -2.95. The van der Waals surface area contributed by atoms with Crippen molar-refractivity contribution in [1.29, 1.82) is 0 Å². The number of halogens is 4. The average molecular weight is 376 g/mol. The predicted molar refractivity (Wildman–Crippen MR) is 88.2 cm³/mol. The van der Waals surface area contributed by atoms with Crippen LogP contribution in [-0.2, 0) is 0 Å². The molecule has 0 spiro atoms. The number of ether oxygens (including phenoxy) is 2. The lowest BCUT2D eigenvalue weighted by atomic mass is 10.1.